The van der Waals surface area contributed by atoms with Crippen molar-refractivity contribution in [2.75, 3.05) is 18.1 Å². The van der Waals surface area contributed by atoms with Crippen LogP contribution in [0.4, 0.5) is 5.69 Å². The summed E-state index contributed by atoms with van der Waals surface area (Å²) in [4.78, 5) is 14.8. The molecule has 0 aromatic heterocycles. The Balaban J connectivity index is 2.03. The fourth-order valence-corrected chi connectivity index (χ4v) is 3.05. The average Bonchev–Trinajstić information content (AvgIpc) is 2.84. The van der Waals surface area contributed by atoms with Crippen molar-refractivity contribution in [3.8, 4) is 11.5 Å². The molecule has 0 unspecified atom stereocenters. The van der Waals surface area contributed by atoms with Gasteiger partial charge in [-0.2, -0.15) is 0 Å². The van der Waals surface area contributed by atoms with Crippen LogP contribution in [0, 0.1) is 5.92 Å². The van der Waals surface area contributed by atoms with E-state index in [1.165, 1.54) is 0 Å². The lowest BCUT2D eigenvalue weighted by Crippen LogP contribution is -2.30. The highest BCUT2D eigenvalue weighted by atomic mass is 16.5. The Labute approximate surface area is 148 Å². The summed E-state index contributed by atoms with van der Waals surface area (Å²) in [5, 5.41) is 9.86. The fourth-order valence-electron chi connectivity index (χ4n) is 3.05. The molecule has 1 heterocycles. The van der Waals surface area contributed by atoms with Gasteiger partial charge in [0.05, 0.1) is 12.3 Å². The molecule has 4 heteroatoms. The summed E-state index contributed by atoms with van der Waals surface area (Å²) in [7, 11) is 0. The minimum atomic E-state index is 0.0148. The molecule has 0 spiro atoms. The van der Waals surface area contributed by atoms with E-state index in [1.54, 1.807) is 18.2 Å². The van der Waals surface area contributed by atoms with Crippen LogP contribution in [0.1, 0.15) is 31.9 Å². The lowest BCUT2D eigenvalue weighted by atomic mass is 10.0. The summed E-state index contributed by atoms with van der Waals surface area (Å²) >= 11 is 0. The van der Waals surface area contributed by atoms with Crippen molar-refractivity contribution < 1.29 is 14.6 Å². The first-order chi connectivity index (χ1) is 12.0. The Morgan fingerprint density at radius 2 is 1.96 bits per heavy atom. The topological polar surface area (TPSA) is 49.8 Å². The molecule has 0 atom stereocenters. The number of ether oxygens (including phenoxy) is 1. The number of rotatable bonds is 5. The van der Waals surface area contributed by atoms with E-state index in [1.807, 2.05) is 42.2 Å². The van der Waals surface area contributed by atoms with Crippen molar-refractivity contribution in [3.63, 3.8) is 0 Å². The predicted molar refractivity (Wildman–Crippen MR) is 101 cm³/mol. The van der Waals surface area contributed by atoms with E-state index < -0.39 is 0 Å². The van der Waals surface area contributed by atoms with Gasteiger partial charge in [-0.1, -0.05) is 38.1 Å². The van der Waals surface area contributed by atoms with Gasteiger partial charge in [-0.15, -0.1) is 0 Å². The molecule has 1 N–H and O–H groups in total. The molecule has 0 radical (unpaired) electrons. The van der Waals surface area contributed by atoms with Gasteiger partial charge in [0.15, 0.2) is 11.5 Å². The molecule has 4 nitrogen and oxygen atoms in total. The van der Waals surface area contributed by atoms with Crippen LogP contribution in [-0.4, -0.2) is 24.2 Å². The highest BCUT2D eigenvalue weighted by Crippen LogP contribution is 2.38. The number of carbonyl (C=O) groups is 1. The first kappa shape index (κ1) is 17.1. The molecule has 0 fully saturated rings. The number of phenolic OH excluding ortho intramolecular Hbond substituents is 1. The molecule has 0 saturated heterocycles. The van der Waals surface area contributed by atoms with E-state index in [0.29, 0.717) is 30.4 Å². The molecule has 0 saturated carbocycles. The van der Waals surface area contributed by atoms with E-state index in [0.717, 1.165) is 16.8 Å². The third-order valence-corrected chi connectivity index (χ3v) is 4.10. The van der Waals surface area contributed by atoms with Crippen LogP contribution in [0.25, 0.3) is 11.6 Å². The number of carbonyl (C=O) groups excluding carboxylic acids is 1. The zero-order chi connectivity index (χ0) is 18.0. The van der Waals surface area contributed by atoms with Crippen molar-refractivity contribution in [2.45, 2.75) is 20.8 Å². The molecular formula is C21H23NO3. The number of hydrogen-bond acceptors (Lipinski definition) is 3. The molecule has 3 rings (SSSR count). The Morgan fingerprint density at radius 3 is 2.68 bits per heavy atom. The number of amides is 1. The fraction of sp³-hybridized carbons (Fsp3) is 0.286. The molecule has 1 aliphatic heterocycles. The van der Waals surface area contributed by atoms with Gasteiger partial charge in [-0.3, -0.25) is 4.79 Å². The van der Waals surface area contributed by atoms with Crippen LogP contribution in [0.2, 0.25) is 0 Å². The number of benzene rings is 2. The number of aromatic hydroxyl groups is 1. The van der Waals surface area contributed by atoms with E-state index in [9.17, 15) is 9.90 Å². The minimum Gasteiger partial charge on any atom is -0.504 e. The molecule has 2 aromatic rings. The van der Waals surface area contributed by atoms with E-state index in [-0.39, 0.29) is 11.7 Å². The van der Waals surface area contributed by atoms with Gasteiger partial charge in [-0.25, -0.2) is 0 Å². The van der Waals surface area contributed by atoms with Crippen molar-refractivity contribution >= 4 is 23.2 Å². The second kappa shape index (κ2) is 7.01. The van der Waals surface area contributed by atoms with Crippen LogP contribution in [-0.2, 0) is 4.79 Å². The summed E-state index contributed by atoms with van der Waals surface area (Å²) in [6, 6.07) is 13.0. The number of fused-ring (bicyclic) bond motifs is 1. The zero-order valence-corrected chi connectivity index (χ0v) is 14.8. The van der Waals surface area contributed by atoms with Crippen LogP contribution in [0.15, 0.2) is 42.5 Å². The summed E-state index contributed by atoms with van der Waals surface area (Å²) < 4.78 is 5.44. The number of phenols is 1. The van der Waals surface area contributed by atoms with Crippen LogP contribution >= 0.6 is 0 Å². The quantitative estimate of drug-likeness (QED) is 0.826. The summed E-state index contributed by atoms with van der Waals surface area (Å²) in [6.07, 6.45) is 1.86. The Hall–Kier alpha value is -2.75. The normalized spacial score (nSPS) is 15.1. The Bertz CT molecular complexity index is 824. The van der Waals surface area contributed by atoms with Gasteiger partial charge >= 0.3 is 0 Å². The highest BCUT2D eigenvalue weighted by molar-refractivity contribution is 6.35. The smallest absolute Gasteiger partial charge is 0.259 e. The maximum Gasteiger partial charge on any atom is 0.259 e. The largest absolute Gasteiger partial charge is 0.504 e. The maximum atomic E-state index is 13.0. The van der Waals surface area contributed by atoms with Crippen LogP contribution < -0.4 is 9.64 Å². The lowest BCUT2D eigenvalue weighted by molar-refractivity contribution is -0.113. The van der Waals surface area contributed by atoms with Gasteiger partial charge in [0.1, 0.15) is 0 Å². The van der Waals surface area contributed by atoms with E-state index in [2.05, 4.69) is 13.8 Å². The number of hydrogen-bond donors (Lipinski definition) is 1. The Morgan fingerprint density at radius 1 is 1.20 bits per heavy atom. The van der Waals surface area contributed by atoms with Gasteiger partial charge in [0.25, 0.3) is 5.91 Å². The summed E-state index contributed by atoms with van der Waals surface area (Å²) in [5.74, 6) is 0.925. The second-order valence-electron chi connectivity index (χ2n) is 6.54. The van der Waals surface area contributed by atoms with E-state index in [4.69, 9.17) is 4.74 Å². The lowest BCUT2D eigenvalue weighted by Gasteiger charge is -2.19. The van der Waals surface area contributed by atoms with Crippen molar-refractivity contribution in [2.24, 2.45) is 5.92 Å². The molecular weight excluding hydrogens is 314 g/mol. The molecule has 1 aliphatic rings. The monoisotopic (exact) mass is 337 g/mol. The number of nitrogens with zero attached hydrogens (tertiary/aromatic N) is 1. The van der Waals surface area contributed by atoms with Gasteiger partial charge in [0.2, 0.25) is 0 Å². The Kier molecular flexibility index (Phi) is 4.79. The summed E-state index contributed by atoms with van der Waals surface area (Å²) in [6.45, 7) is 7.23. The minimum absolute atomic E-state index is 0.0148. The molecule has 0 bridgehead atoms. The van der Waals surface area contributed by atoms with Gasteiger partial charge in [-0.05, 0) is 42.7 Å². The third kappa shape index (κ3) is 3.38. The van der Waals surface area contributed by atoms with Crippen molar-refractivity contribution in [1.29, 1.82) is 0 Å². The molecule has 0 aliphatic carbocycles. The molecule has 2 aromatic carbocycles. The van der Waals surface area contributed by atoms with Crippen LogP contribution in [0.3, 0.4) is 0 Å². The first-order valence-corrected chi connectivity index (χ1v) is 8.60. The third-order valence-electron chi connectivity index (χ3n) is 4.10. The predicted octanol–water partition coefficient (Wildman–Crippen LogP) is 4.33. The zero-order valence-electron chi connectivity index (χ0n) is 14.8. The second-order valence-corrected chi connectivity index (χ2v) is 6.54. The maximum absolute atomic E-state index is 13.0. The van der Waals surface area contributed by atoms with Gasteiger partial charge in [0, 0.05) is 17.7 Å². The summed E-state index contributed by atoms with van der Waals surface area (Å²) in [5.41, 5.74) is 3.39. The molecule has 25 heavy (non-hydrogen) atoms. The molecule has 1 amide bonds. The number of para-hydroxylation sites is 1. The van der Waals surface area contributed by atoms with Gasteiger partial charge < -0.3 is 14.7 Å². The van der Waals surface area contributed by atoms with E-state index >= 15 is 0 Å². The number of anilines is 1. The highest BCUT2D eigenvalue weighted by Gasteiger charge is 2.32. The van der Waals surface area contributed by atoms with Crippen LogP contribution in [0.5, 0.6) is 11.5 Å². The first-order valence-electron chi connectivity index (χ1n) is 8.60. The average molecular weight is 337 g/mol. The molecule has 130 valence electrons. The SMILES string of the molecule is CCOc1cc(/C=C2\C(=O)N(CC(C)C)c3ccccc32)ccc1O. The van der Waals surface area contributed by atoms with Crippen molar-refractivity contribution in [3.05, 3.63) is 53.6 Å². The van der Waals surface area contributed by atoms with Crippen molar-refractivity contribution in [1.82, 2.24) is 0 Å². The standard InChI is InChI=1S/C21H23NO3/c1-4-25-20-12-15(9-10-19(20)23)11-17-16-7-5-6-8-18(16)22(21(17)24)13-14(2)3/h5-12,14,23H,4,13H2,1-3H3/b17-11-.